The first-order valence-corrected chi connectivity index (χ1v) is 7.10. The van der Waals surface area contributed by atoms with Crippen molar-refractivity contribution in [2.45, 2.75) is 46.6 Å². The summed E-state index contributed by atoms with van der Waals surface area (Å²) >= 11 is 0. The van der Waals surface area contributed by atoms with Crippen LogP contribution in [0.2, 0.25) is 0 Å². The van der Waals surface area contributed by atoms with E-state index < -0.39 is 0 Å². The topological polar surface area (TPSA) is 17.0 Å². The van der Waals surface area contributed by atoms with Crippen molar-refractivity contribution in [2.75, 3.05) is 6.54 Å². The number of fused-ring (bicyclic) bond motifs is 1. The van der Waals surface area contributed by atoms with Gasteiger partial charge in [0.15, 0.2) is 0 Å². The molecule has 0 aliphatic heterocycles. The Hall–Kier alpha value is -1.28. The van der Waals surface area contributed by atoms with Crippen LogP contribution < -0.4 is 5.32 Å². The summed E-state index contributed by atoms with van der Waals surface area (Å²) in [5.41, 5.74) is 5.80. The number of benzene rings is 1. The fourth-order valence-corrected chi connectivity index (χ4v) is 2.79. The maximum Gasteiger partial charge on any atom is 0.0512 e. The fourth-order valence-electron chi connectivity index (χ4n) is 2.79. The third kappa shape index (κ3) is 2.84. The first-order chi connectivity index (χ1) is 8.81. The van der Waals surface area contributed by atoms with Crippen LogP contribution in [0.1, 0.15) is 37.6 Å². The first kappa shape index (κ1) is 14.1. The summed E-state index contributed by atoms with van der Waals surface area (Å²) in [6.07, 6.45) is 1.09. The van der Waals surface area contributed by atoms with E-state index in [1.807, 2.05) is 0 Å². The van der Waals surface area contributed by atoms with Gasteiger partial charge in [-0.05, 0) is 58.7 Å². The van der Waals surface area contributed by atoms with Gasteiger partial charge in [-0.1, -0.05) is 18.2 Å². The molecule has 0 aliphatic rings. The lowest BCUT2D eigenvalue weighted by Gasteiger charge is -2.20. The molecule has 2 aromatic rings. The zero-order chi connectivity index (χ0) is 14.2. The molecule has 0 atom stereocenters. The monoisotopic (exact) mass is 258 g/mol. The molecule has 1 N–H and O–H groups in total. The van der Waals surface area contributed by atoms with Gasteiger partial charge in [-0.2, -0.15) is 0 Å². The molecule has 2 nitrogen and oxygen atoms in total. The average Bonchev–Trinajstić information content (AvgIpc) is 2.54. The van der Waals surface area contributed by atoms with E-state index in [-0.39, 0.29) is 5.54 Å². The summed E-state index contributed by atoms with van der Waals surface area (Å²) in [5.74, 6) is 0. The van der Waals surface area contributed by atoms with Crippen molar-refractivity contribution in [3.63, 3.8) is 0 Å². The van der Waals surface area contributed by atoms with Crippen LogP contribution in [0, 0.1) is 13.8 Å². The fraction of sp³-hybridized carbons (Fsp3) is 0.529. The molecular weight excluding hydrogens is 232 g/mol. The Morgan fingerprint density at radius 2 is 1.84 bits per heavy atom. The van der Waals surface area contributed by atoms with Crippen molar-refractivity contribution in [1.29, 1.82) is 0 Å². The first-order valence-electron chi connectivity index (χ1n) is 7.10. The summed E-state index contributed by atoms with van der Waals surface area (Å²) in [7, 11) is 2.17. The lowest BCUT2D eigenvalue weighted by Crippen LogP contribution is -2.37. The minimum absolute atomic E-state index is 0.189. The van der Waals surface area contributed by atoms with Crippen LogP contribution in [0.4, 0.5) is 0 Å². The van der Waals surface area contributed by atoms with E-state index in [1.54, 1.807) is 0 Å². The van der Waals surface area contributed by atoms with Gasteiger partial charge >= 0.3 is 0 Å². The van der Waals surface area contributed by atoms with Crippen molar-refractivity contribution in [3.05, 3.63) is 35.0 Å². The molecular formula is C17H26N2. The van der Waals surface area contributed by atoms with Gasteiger partial charge in [0, 0.05) is 23.7 Å². The molecule has 0 saturated heterocycles. The van der Waals surface area contributed by atoms with Crippen LogP contribution in [-0.4, -0.2) is 16.7 Å². The van der Waals surface area contributed by atoms with Gasteiger partial charge in [0.05, 0.1) is 5.52 Å². The molecule has 0 fully saturated rings. The van der Waals surface area contributed by atoms with Crippen LogP contribution in [0.3, 0.4) is 0 Å². The third-order valence-electron chi connectivity index (χ3n) is 3.87. The lowest BCUT2D eigenvalue weighted by atomic mass is 10.0. The molecule has 2 rings (SSSR count). The molecule has 104 valence electrons. The number of hydrogen-bond donors (Lipinski definition) is 1. The minimum Gasteiger partial charge on any atom is -0.347 e. The van der Waals surface area contributed by atoms with Gasteiger partial charge in [0.25, 0.3) is 0 Å². The van der Waals surface area contributed by atoms with Crippen molar-refractivity contribution >= 4 is 10.9 Å². The second-order valence-corrected chi connectivity index (χ2v) is 6.52. The minimum atomic E-state index is 0.189. The summed E-state index contributed by atoms with van der Waals surface area (Å²) in [4.78, 5) is 0. The van der Waals surface area contributed by atoms with E-state index in [9.17, 15) is 0 Å². The second-order valence-electron chi connectivity index (χ2n) is 6.52. The molecule has 0 unspecified atom stereocenters. The van der Waals surface area contributed by atoms with Gasteiger partial charge in [-0.15, -0.1) is 0 Å². The summed E-state index contributed by atoms with van der Waals surface area (Å²) in [5, 5.41) is 4.99. The Morgan fingerprint density at radius 3 is 2.47 bits per heavy atom. The van der Waals surface area contributed by atoms with Gasteiger partial charge in [0.2, 0.25) is 0 Å². The zero-order valence-electron chi connectivity index (χ0n) is 13.1. The Morgan fingerprint density at radius 1 is 1.16 bits per heavy atom. The van der Waals surface area contributed by atoms with Crippen LogP contribution in [0.5, 0.6) is 0 Å². The van der Waals surface area contributed by atoms with E-state index >= 15 is 0 Å². The second kappa shape index (κ2) is 5.01. The zero-order valence-corrected chi connectivity index (χ0v) is 13.1. The maximum absolute atomic E-state index is 3.58. The molecule has 1 aromatic carbocycles. The van der Waals surface area contributed by atoms with E-state index in [4.69, 9.17) is 0 Å². The normalized spacial score (nSPS) is 12.3. The molecule has 2 heteroatoms. The molecule has 1 heterocycles. The summed E-state index contributed by atoms with van der Waals surface area (Å²) < 4.78 is 2.33. The quantitative estimate of drug-likeness (QED) is 0.887. The van der Waals surface area contributed by atoms with Gasteiger partial charge < -0.3 is 9.88 Å². The Bertz CT molecular complexity index is 585. The lowest BCUT2D eigenvalue weighted by molar-refractivity contribution is 0.429. The van der Waals surface area contributed by atoms with Crippen molar-refractivity contribution in [1.82, 2.24) is 9.88 Å². The highest BCUT2D eigenvalue weighted by molar-refractivity contribution is 5.88. The van der Waals surface area contributed by atoms with Gasteiger partial charge in [0.1, 0.15) is 0 Å². The highest BCUT2D eigenvalue weighted by Crippen LogP contribution is 2.27. The smallest absolute Gasteiger partial charge is 0.0512 e. The summed E-state index contributed by atoms with van der Waals surface area (Å²) in [6.45, 7) is 12.1. The van der Waals surface area contributed by atoms with E-state index in [1.165, 1.54) is 27.7 Å². The summed E-state index contributed by atoms with van der Waals surface area (Å²) in [6, 6.07) is 6.61. The maximum atomic E-state index is 3.58. The molecule has 0 aliphatic carbocycles. The molecule has 0 radical (unpaired) electrons. The highest BCUT2D eigenvalue weighted by Gasteiger charge is 2.14. The Labute approximate surface area is 116 Å². The van der Waals surface area contributed by atoms with E-state index in [0.29, 0.717) is 0 Å². The van der Waals surface area contributed by atoms with Crippen LogP contribution >= 0.6 is 0 Å². The molecule has 1 aromatic heterocycles. The predicted molar refractivity (Wildman–Crippen MR) is 83.9 cm³/mol. The SMILES string of the molecule is Cc1cccc2c(CCNC(C)(C)C)c(C)n(C)c12. The van der Waals surface area contributed by atoms with Gasteiger partial charge in [-0.3, -0.25) is 0 Å². The van der Waals surface area contributed by atoms with E-state index in [2.05, 4.69) is 69.7 Å². The molecule has 0 saturated carbocycles. The molecule has 0 bridgehead atoms. The standard InChI is InChI=1S/C17H26N2/c1-12-8-7-9-15-14(10-11-18-17(3,4)5)13(2)19(6)16(12)15/h7-9,18H,10-11H2,1-6H3. The van der Waals surface area contributed by atoms with Crippen molar-refractivity contribution in [3.8, 4) is 0 Å². The molecule has 0 amide bonds. The third-order valence-corrected chi connectivity index (χ3v) is 3.87. The Kier molecular flexibility index (Phi) is 3.73. The number of aryl methyl sites for hydroxylation is 2. The number of hydrogen-bond acceptors (Lipinski definition) is 1. The van der Waals surface area contributed by atoms with Crippen LogP contribution in [-0.2, 0) is 13.5 Å². The Balaban J connectivity index is 2.33. The number of nitrogens with zero attached hydrogens (tertiary/aromatic N) is 1. The predicted octanol–water partition coefficient (Wildman–Crippen LogP) is 3.73. The molecule has 0 spiro atoms. The van der Waals surface area contributed by atoms with Crippen molar-refractivity contribution in [2.24, 2.45) is 7.05 Å². The largest absolute Gasteiger partial charge is 0.347 e. The number of nitrogens with one attached hydrogen (secondary N) is 1. The van der Waals surface area contributed by atoms with Crippen LogP contribution in [0.25, 0.3) is 10.9 Å². The van der Waals surface area contributed by atoms with Crippen LogP contribution in [0.15, 0.2) is 18.2 Å². The number of aromatic nitrogens is 1. The number of para-hydroxylation sites is 1. The molecule has 19 heavy (non-hydrogen) atoms. The van der Waals surface area contributed by atoms with Gasteiger partial charge in [-0.25, -0.2) is 0 Å². The number of rotatable bonds is 3. The highest BCUT2D eigenvalue weighted by atomic mass is 15.0. The van der Waals surface area contributed by atoms with E-state index in [0.717, 1.165) is 13.0 Å². The van der Waals surface area contributed by atoms with Crippen molar-refractivity contribution < 1.29 is 0 Å². The average molecular weight is 258 g/mol.